The molecule has 0 saturated carbocycles. The smallest absolute Gasteiger partial charge is 0.335 e. The summed E-state index contributed by atoms with van der Waals surface area (Å²) >= 11 is 0. The number of rotatable bonds is 2. The second-order valence-electron chi connectivity index (χ2n) is 5.99. The number of allylic oxidation sites excluding steroid dienone is 2. The number of carbonyl (C=O) groups is 1. The average molecular weight is 291 g/mol. The summed E-state index contributed by atoms with van der Waals surface area (Å²) in [7, 11) is 0. The van der Waals surface area contributed by atoms with Crippen LogP contribution in [0.2, 0.25) is 0 Å². The molecule has 0 spiro atoms. The normalized spacial score (nSPS) is 25.2. The van der Waals surface area contributed by atoms with Gasteiger partial charge in [-0.3, -0.25) is 0 Å². The molecule has 1 aliphatic carbocycles. The number of benzene rings is 2. The molecule has 1 heterocycles. The fraction of sp³-hybridized carbons (Fsp3) is 0.211. The van der Waals surface area contributed by atoms with Crippen molar-refractivity contribution in [3.8, 4) is 0 Å². The van der Waals surface area contributed by atoms with Crippen LogP contribution in [0.15, 0.2) is 60.7 Å². The highest BCUT2D eigenvalue weighted by Crippen LogP contribution is 2.49. The molecular formula is C19H17NO2. The van der Waals surface area contributed by atoms with Crippen LogP contribution in [0.1, 0.15) is 39.9 Å². The van der Waals surface area contributed by atoms with E-state index in [9.17, 15) is 9.90 Å². The minimum atomic E-state index is -0.869. The van der Waals surface area contributed by atoms with Crippen LogP contribution in [-0.2, 0) is 0 Å². The number of carboxylic acids is 1. The molecule has 0 amide bonds. The molecule has 22 heavy (non-hydrogen) atoms. The Hall–Kier alpha value is -2.55. The molecule has 3 heteroatoms. The van der Waals surface area contributed by atoms with E-state index in [1.54, 1.807) is 6.07 Å². The average Bonchev–Trinajstić information content (AvgIpc) is 3.04. The van der Waals surface area contributed by atoms with Gasteiger partial charge in [-0.2, -0.15) is 0 Å². The zero-order chi connectivity index (χ0) is 15.1. The molecule has 4 rings (SSSR count). The first kappa shape index (κ1) is 13.1. The van der Waals surface area contributed by atoms with E-state index in [1.165, 1.54) is 5.56 Å². The van der Waals surface area contributed by atoms with Gasteiger partial charge in [0.25, 0.3) is 0 Å². The molecule has 0 bridgehead atoms. The van der Waals surface area contributed by atoms with Gasteiger partial charge in [-0.15, -0.1) is 0 Å². The van der Waals surface area contributed by atoms with E-state index in [-0.39, 0.29) is 6.04 Å². The minimum Gasteiger partial charge on any atom is -0.478 e. The Morgan fingerprint density at radius 3 is 2.73 bits per heavy atom. The molecule has 110 valence electrons. The molecule has 0 saturated heterocycles. The van der Waals surface area contributed by atoms with Crippen molar-refractivity contribution in [2.75, 3.05) is 5.32 Å². The van der Waals surface area contributed by atoms with Crippen molar-refractivity contribution < 1.29 is 9.90 Å². The minimum absolute atomic E-state index is 0.268. The van der Waals surface area contributed by atoms with Gasteiger partial charge in [0.05, 0.1) is 11.6 Å². The third-order valence-electron chi connectivity index (χ3n) is 4.77. The highest BCUT2D eigenvalue weighted by Gasteiger charge is 2.37. The van der Waals surface area contributed by atoms with E-state index in [1.807, 2.05) is 18.2 Å². The molecule has 2 aromatic carbocycles. The third kappa shape index (κ3) is 2.01. The Labute approximate surface area is 129 Å². The van der Waals surface area contributed by atoms with Gasteiger partial charge in [-0.05, 0) is 41.7 Å². The van der Waals surface area contributed by atoms with Crippen LogP contribution in [0.25, 0.3) is 0 Å². The molecule has 2 aromatic rings. The summed E-state index contributed by atoms with van der Waals surface area (Å²) in [5.74, 6) is -0.133. The third-order valence-corrected chi connectivity index (χ3v) is 4.77. The van der Waals surface area contributed by atoms with Crippen LogP contribution in [0.3, 0.4) is 0 Å². The molecule has 0 radical (unpaired) electrons. The van der Waals surface area contributed by atoms with Crippen LogP contribution < -0.4 is 5.32 Å². The lowest BCUT2D eigenvalue weighted by atomic mass is 9.76. The predicted molar refractivity (Wildman–Crippen MR) is 86.2 cm³/mol. The van der Waals surface area contributed by atoms with Crippen molar-refractivity contribution in [1.82, 2.24) is 0 Å². The predicted octanol–water partition coefficient (Wildman–Crippen LogP) is 4.21. The Bertz CT molecular complexity index is 751. The number of nitrogens with one attached hydrogen (secondary N) is 1. The Morgan fingerprint density at radius 1 is 1.14 bits per heavy atom. The maximum absolute atomic E-state index is 11.2. The second kappa shape index (κ2) is 5.02. The summed E-state index contributed by atoms with van der Waals surface area (Å²) in [6, 6.07) is 16.1. The first-order valence-corrected chi connectivity index (χ1v) is 7.59. The maximum atomic E-state index is 11.2. The van der Waals surface area contributed by atoms with Crippen LogP contribution >= 0.6 is 0 Å². The number of carboxylic acid groups (broad SMARTS) is 1. The van der Waals surface area contributed by atoms with Gasteiger partial charge in [-0.1, -0.05) is 42.5 Å². The van der Waals surface area contributed by atoms with Crippen molar-refractivity contribution in [2.45, 2.75) is 18.4 Å². The van der Waals surface area contributed by atoms with Gasteiger partial charge in [0.1, 0.15) is 0 Å². The van der Waals surface area contributed by atoms with Gasteiger partial charge in [0.15, 0.2) is 0 Å². The van der Waals surface area contributed by atoms with Gasteiger partial charge >= 0.3 is 5.97 Å². The zero-order valence-electron chi connectivity index (χ0n) is 12.1. The molecule has 0 aromatic heterocycles. The van der Waals surface area contributed by atoms with Crippen molar-refractivity contribution >= 4 is 11.7 Å². The van der Waals surface area contributed by atoms with Crippen molar-refractivity contribution in [3.63, 3.8) is 0 Å². The van der Waals surface area contributed by atoms with Crippen LogP contribution in [-0.4, -0.2) is 11.1 Å². The topological polar surface area (TPSA) is 49.3 Å². The first-order valence-electron chi connectivity index (χ1n) is 7.59. The molecular weight excluding hydrogens is 274 g/mol. The number of fused-ring (bicyclic) bond motifs is 3. The lowest BCUT2D eigenvalue weighted by Gasteiger charge is -2.37. The molecule has 1 aliphatic heterocycles. The highest BCUT2D eigenvalue weighted by molar-refractivity contribution is 5.89. The quantitative estimate of drug-likeness (QED) is 0.815. The number of aromatic carboxylic acids is 1. The van der Waals surface area contributed by atoms with Crippen molar-refractivity contribution in [2.24, 2.45) is 5.92 Å². The van der Waals surface area contributed by atoms with E-state index in [4.69, 9.17) is 0 Å². The Balaban J connectivity index is 1.79. The maximum Gasteiger partial charge on any atom is 0.335 e. The fourth-order valence-corrected chi connectivity index (χ4v) is 3.72. The van der Waals surface area contributed by atoms with E-state index >= 15 is 0 Å². The lowest BCUT2D eigenvalue weighted by molar-refractivity contribution is 0.0696. The molecule has 3 atom stereocenters. The van der Waals surface area contributed by atoms with Crippen LogP contribution in [0.4, 0.5) is 5.69 Å². The van der Waals surface area contributed by atoms with E-state index in [2.05, 4.69) is 41.7 Å². The molecule has 0 fully saturated rings. The molecule has 0 unspecified atom stereocenters. The number of hydrogen-bond acceptors (Lipinski definition) is 2. The summed E-state index contributed by atoms with van der Waals surface area (Å²) in [5, 5.41) is 12.8. The second-order valence-corrected chi connectivity index (χ2v) is 5.99. The van der Waals surface area contributed by atoms with Crippen molar-refractivity contribution in [3.05, 3.63) is 77.4 Å². The monoisotopic (exact) mass is 291 g/mol. The Kier molecular flexibility index (Phi) is 3.00. The largest absolute Gasteiger partial charge is 0.478 e. The van der Waals surface area contributed by atoms with Crippen LogP contribution in [0, 0.1) is 5.92 Å². The van der Waals surface area contributed by atoms with Crippen molar-refractivity contribution in [1.29, 1.82) is 0 Å². The SMILES string of the molecule is O=C(O)c1ccc2c(c1)[C@H]1C=CC[C@H]1[C@H](c1ccccc1)N2. The lowest BCUT2D eigenvalue weighted by Crippen LogP contribution is -2.29. The van der Waals surface area contributed by atoms with Crippen LogP contribution in [0.5, 0.6) is 0 Å². The van der Waals surface area contributed by atoms with E-state index < -0.39 is 5.97 Å². The van der Waals surface area contributed by atoms with E-state index in [0.717, 1.165) is 17.7 Å². The molecule has 2 aliphatic rings. The van der Waals surface area contributed by atoms with Gasteiger partial charge in [-0.25, -0.2) is 4.79 Å². The zero-order valence-corrected chi connectivity index (χ0v) is 12.1. The summed E-state index contributed by atoms with van der Waals surface area (Å²) in [6.45, 7) is 0. The highest BCUT2D eigenvalue weighted by atomic mass is 16.4. The Morgan fingerprint density at radius 2 is 1.95 bits per heavy atom. The standard InChI is InChI=1S/C19H17NO2/c21-19(22)13-9-10-17-16(11-13)14-7-4-8-15(14)18(20-17)12-5-2-1-3-6-12/h1-7,9-11,14-15,18,20H,8H2,(H,21,22)/t14-,15+,18-/m0/s1. The van der Waals surface area contributed by atoms with Gasteiger partial charge in [0.2, 0.25) is 0 Å². The number of hydrogen-bond donors (Lipinski definition) is 2. The van der Waals surface area contributed by atoms with Gasteiger partial charge < -0.3 is 10.4 Å². The fourth-order valence-electron chi connectivity index (χ4n) is 3.72. The summed E-state index contributed by atoms with van der Waals surface area (Å²) in [4.78, 5) is 11.2. The van der Waals surface area contributed by atoms with Gasteiger partial charge in [0, 0.05) is 11.6 Å². The summed E-state index contributed by atoms with van der Waals surface area (Å²) in [5.41, 5.74) is 3.80. The molecule has 3 nitrogen and oxygen atoms in total. The van der Waals surface area contributed by atoms with E-state index in [0.29, 0.717) is 17.4 Å². The summed E-state index contributed by atoms with van der Waals surface area (Å²) in [6.07, 6.45) is 5.47. The molecule has 2 N–H and O–H groups in total. The number of anilines is 1. The summed E-state index contributed by atoms with van der Waals surface area (Å²) < 4.78 is 0. The first-order chi connectivity index (χ1) is 10.7.